The van der Waals surface area contributed by atoms with Crippen LogP contribution in [0.15, 0.2) is 11.4 Å². The van der Waals surface area contributed by atoms with Crippen molar-refractivity contribution in [2.24, 2.45) is 5.92 Å². The quantitative estimate of drug-likeness (QED) is 0.845. The van der Waals surface area contributed by atoms with E-state index in [1.165, 1.54) is 37.4 Å². The average molecular weight is 306 g/mol. The van der Waals surface area contributed by atoms with Gasteiger partial charge in [-0.2, -0.15) is 0 Å². The van der Waals surface area contributed by atoms with Crippen LogP contribution in [0.2, 0.25) is 0 Å². The molecule has 2 heterocycles. The molecule has 0 atom stereocenters. The van der Waals surface area contributed by atoms with Crippen molar-refractivity contribution >= 4 is 11.3 Å². The Hall–Kier alpha value is -0.860. The molecule has 3 nitrogen and oxygen atoms in total. The minimum Gasteiger partial charge on any atom is -0.395 e. The number of nitrogens with zero attached hydrogens (tertiary/aromatic N) is 2. The fraction of sp³-hybridized carbons (Fsp3) is 0.647. The van der Waals surface area contributed by atoms with E-state index in [4.69, 9.17) is 5.11 Å². The third kappa shape index (κ3) is 5.44. The van der Waals surface area contributed by atoms with Crippen LogP contribution in [-0.2, 0) is 6.54 Å². The van der Waals surface area contributed by atoms with E-state index in [-0.39, 0.29) is 6.61 Å². The lowest BCUT2D eigenvalue weighted by Crippen LogP contribution is -2.35. The molecule has 1 aromatic rings. The van der Waals surface area contributed by atoms with Crippen molar-refractivity contribution in [3.8, 4) is 11.8 Å². The number of likely N-dealkylation sites (tertiary alicyclic amines) is 1. The van der Waals surface area contributed by atoms with Gasteiger partial charge in [0.1, 0.15) is 0 Å². The molecular weight excluding hydrogens is 280 g/mol. The average Bonchev–Trinajstić information content (AvgIpc) is 2.89. The molecule has 1 aliphatic rings. The normalized spacial score (nSPS) is 17.0. The van der Waals surface area contributed by atoms with Gasteiger partial charge in [0.05, 0.1) is 6.61 Å². The van der Waals surface area contributed by atoms with Gasteiger partial charge < -0.3 is 14.9 Å². The highest BCUT2D eigenvalue weighted by Crippen LogP contribution is 2.21. The van der Waals surface area contributed by atoms with Crippen LogP contribution in [0.1, 0.15) is 29.7 Å². The first-order valence-corrected chi connectivity index (χ1v) is 8.60. The second-order valence-electron chi connectivity index (χ2n) is 5.98. The first kappa shape index (κ1) is 16.5. The smallest absolute Gasteiger partial charge is 0.0540 e. The molecule has 0 saturated carbocycles. The lowest BCUT2D eigenvalue weighted by molar-refractivity contribution is 0.174. The molecule has 21 heavy (non-hydrogen) atoms. The second-order valence-corrected chi connectivity index (χ2v) is 6.98. The summed E-state index contributed by atoms with van der Waals surface area (Å²) in [6.45, 7) is 4.76. The molecular formula is C17H26N2OS. The van der Waals surface area contributed by atoms with E-state index in [0.717, 1.165) is 18.0 Å². The molecule has 0 amide bonds. The molecule has 0 aromatic carbocycles. The fourth-order valence-corrected chi connectivity index (χ4v) is 3.69. The number of aliphatic hydroxyl groups is 1. The summed E-state index contributed by atoms with van der Waals surface area (Å²) in [7, 11) is 4.42. The van der Waals surface area contributed by atoms with Gasteiger partial charge in [0.15, 0.2) is 0 Å². The van der Waals surface area contributed by atoms with Crippen molar-refractivity contribution < 1.29 is 5.11 Å². The van der Waals surface area contributed by atoms with Gasteiger partial charge in [-0.25, -0.2) is 0 Å². The van der Waals surface area contributed by atoms with Crippen molar-refractivity contribution in [3.05, 3.63) is 21.9 Å². The maximum Gasteiger partial charge on any atom is 0.0540 e. The van der Waals surface area contributed by atoms with Crippen molar-refractivity contribution in [3.63, 3.8) is 0 Å². The fourth-order valence-electron chi connectivity index (χ4n) is 2.78. The summed E-state index contributed by atoms with van der Waals surface area (Å²) < 4.78 is 0. The van der Waals surface area contributed by atoms with Gasteiger partial charge in [0, 0.05) is 30.0 Å². The van der Waals surface area contributed by atoms with E-state index in [1.807, 2.05) is 0 Å². The Morgan fingerprint density at radius 2 is 2.19 bits per heavy atom. The molecule has 0 radical (unpaired) electrons. The third-order valence-electron chi connectivity index (χ3n) is 4.03. The molecule has 1 aliphatic heterocycles. The van der Waals surface area contributed by atoms with Crippen molar-refractivity contribution in [1.82, 2.24) is 9.80 Å². The van der Waals surface area contributed by atoms with Crippen LogP contribution in [0.25, 0.3) is 0 Å². The van der Waals surface area contributed by atoms with E-state index in [0.29, 0.717) is 6.42 Å². The highest BCUT2D eigenvalue weighted by molar-refractivity contribution is 7.10. The summed E-state index contributed by atoms with van der Waals surface area (Å²) >= 11 is 1.78. The summed E-state index contributed by atoms with van der Waals surface area (Å²) in [6.07, 6.45) is 3.18. The van der Waals surface area contributed by atoms with Crippen molar-refractivity contribution in [2.45, 2.75) is 25.8 Å². The molecule has 0 aliphatic carbocycles. The van der Waals surface area contributed by atoms with Gasteiger partial charge >= 0.3 is 0 Å². The first-order valence-electron chi connectivity index (χ1n) is 7.72. The number of rotatable bonds is 5. The van der Waals surface area contributed by atoms with E-state index < -0.39 is 0 Å². The monoisotopic (exact) mass is 306 g/mol. The summed E-state index contributed by atoms with van der Waals surface area (Å²) in [5.74, 6) is 7.02. The number of aliphatic hydroxyl groups excluding tert-OH is 1. The van der Waals surface area contributed by atoms with Crippen molar-refractivity contribution in [2.75, 3.05) is 40.3 Å². The Morgan fingerprint density at radius 3 is 2.90 bits per heavy atom. The van der Waals surface area contributed by atoms with Gasteiger partial charge in [-0.05, 0) is 57.4 Å². The molecule has 4 heteroatoms. The molecule has 1 fully saturated rings. The topological polar surface area (TPSA) is 26.7 Å². The zero-order chi connectivity index (χ0) is 15.1. The number of piperidine rings is 1. The molecule has 1 N–H and O–H groups in total. The highest BCUT2D eigenvalue weighted by atomic mass is 32.1. The zero-order valence-electron chi connectivity index (χ0n) is 13.1. The van der Waals surface area contributed by atoms with Crippen LogP contribution in [0.4, 0.5) is 0 Å². The van der Waals surface area contributed by atoms with Gasteiger partial charge in [0.2, 0.25) is 0 Å². The predicted molar refractivity (Wildman–Crippen MR) is 89.5 cm³/mol. The molecule has 1 saturated heterocycles. The van der Waals surface area contributed by atoms with Gasteiger partial charge in [-0.1, -0.05) is 11.8 Å². The van der Waals surface area contributed by atoms with Gasteiger partial charge in [-0.15, -0.1) is 11.3 Å². The Balaban J connectivity index is 1.84. The third-order valence-corrected chi connectivity index (χ3v) is 4.93. The summed E-state index contributed by atoms with van der Waals surface area (Å²) in [5.41, 5.74) is 1.13. The predicted octanol–water partition coefficient (Wildman–Crippen LogP) is 2.26. The summed E-state index contributed by atoms with van der Waals surface area (Å²) in [6, 6.07) is 2.09. The number of hydrogen-bond acceptors (Lipinski definition) is 4. The molecule has 2 rings (SSSR count). The van der Waals surface area contributed by atoms with Gasteiger partial charge in [0.25, 0.3) is 0 Å². The SMILES string of the molecule is CN1CCC(CN(C)Cc2sccc2C#CCCO)CC1. The van der Waals surface area contributed by atoms with Crippen LogP contribution < -0.4 is 0 Å². The Kier molecular flexibility index (Phi) is 6.72. The maximum atomic E-state index is 8.80. The molecule has 1 aromatic heterocycles. The number of hydrogen-bond donors (Lipinski definition) is 1. The molecule has 0 bridgehead atoms. The standard InChI is InChI=1S/C17H26N2OS/c1-18-9-6-15(7-10-18)13-19(2)14-17-16(8-12-21-17)5-3-4-11-20/h8,12,15,20H,4,6-7,9-11,13-14H2,1-2H3. The molecule has 0 spiro atoms. The Morgan fingerprint density at radius 1 is 1.43 bits per heavy atom. The van der Waals surface area contributed by atoms with E-state index in [1.54, 1.807) is 11.3 Å². The van der Waals surface area contributed by atoms with Crippen LogP contribution in [0.3, 0.4) is 0 Å². The minimum atomic E-state index is 0.141. The Bertz CT molecular complexity index is 480. The van der Waals surface area contributed by atoms with E-state index in [2.05, 4.69) is 47.2 Å². The summed E-state index contributed by atoms with van der Waals surface area (Å²) in [4.78, 5) is 6.19. The Labute approximate surface area is 132 Å². The minimum absolute atomic E-state index is 0.141. The molecule has 116 valence electrons. The van der Waals surface area contributed by atoms with E-state index >= 15 is 0 Å². The zero-order valence-corrected chi connectivity index (χ0v) is 14.0. The maximum absolute atomic E-state index is 8.80. The van der Waals surface area contributed by atoms with Crippen molar-refractivity contribution in [1.29, 1.82) is 0 Å². The second kappa shape index (κ2) is 8.55. The largest absolute Gasteiger partial charge is 0.395 e. The summed E-state index contributed by atoms with van der Waals surface area (Å²) in [5, 5.41) is 10.9. The molecule has 0 unspecified atom stereocenters. The number of thiophene rings is 1. The first-order chi connectivity index (χ1) is 10.2. The highest BCUT2D eigenvalue weighted by Gasteiger charge is 2.18. The van der Waals surface area contributed by atoms with Crippen LogP contribution >= 0.6 is 11.3 Å². The van der Waals surface area contributed by atoms with Gasteiger partial charge in [-0.3, -0.25) is 0 Å². The van der Waals surface area contributed by atoms with E-state index in [9.17, 15) is 0 Å². The lowest BCUT2D eigenvalue weighted by Gasteiger charge is -2.31. The lowest BCUT2D eigenvalue weighted by atomic mass is 9.96. The van der Waals surface area contributed by atoms with Crippen LogP contribution in [-0.4, -0.2) is 55.2 Å². The van der Waals surface area contributed by atoms with Crippen LogP contribution in [0, 0.1) is 17.8 Å². The van der Waals surface area contributed by atoms with Crippen LogP contribution in [0.5, 0.6) is 0 Å².